The molecule has 10 heteroatoms. The minimum atomic E-state index is -5.91. The average Bonchev–Trinajstić information content (AvgIpc) is 3.40. The number of halogens is 2. The average molecular weight is 387 g/mol. The van der Waals surface area contributed by atoms with E-state index in [2.05, 4.69) is 4.74 Å². The summed E-state index contributed by atoms with van der Waals surface area (Å²) in [4.78, 5) is 11.8. The maximum atomic E-state index is 13.0. The van der Waals surface area contributed by atoms with Crippen molar-refractivity contribution in [1.29, 1.82) is 0 Å². The maximum Gasteiger partial charge on any atom is 0.367 e. The Hall–Kier alpha value is -2.30. The second-order valence-electron chi connectivity index (χ2n) is 5.66. The van der Waals surface area contributed by atoms with E-state index in [0.29, 0.717) is 24.3 Å². The third-order valence-corrected chi connectivity index (χ3v) is 4.47. The van der Waals surface area contributed by atoms with Crippen molar-refractivity contribution in [2.45, 2.75) is 11.4 Å². The van der Waals surface area contributed by atoms with Gasteiger partial charge in [-0.3, -0.25) is 0 Å². The number of hydrogen-bond acceptors (Lipinski definition) is 7. The van der Waals surface area contributed by atoms with Crippen LogP contribution in [0.25, 0.3) is 10.8 Å². The number of ether oxygens (including phenoxy) is 3. The number of rotatable bonds is 7. The highest BCUT2D eigenvalue weighted by molar-refractivity contribution is 7.86. The lowest BCUT2D eigenvalue weighted by Crippen LogP contribution is -2.34. The van der Waals surface area contributed by atoms with E-state index >= 15 is 0 Å². The Bertz CT molecular complexity index is 939. The molecule has 1 heterocycles. The Morgan fingerprint density at radius 2 is 1.88 bits per heavy atom. The molecule has 1 saturated heterocycles. The third kappa shape index (κ3) is 4.26. The zero-order valence-corrected chi connectivity index (χ0v) is 14.0. The number of carbonyl (C=O) groups is 1. The zero-order chi connectivity index (χ0) is 18.9. The number of hydrogen-bond donors (Lipinski definition) is 0. The van der Waals surface area contributed by atoms with Crippen LogP contribution in [0.4, 0.5) is 8.78 Å². The number of alkyl halides is 2. The van der Waals surface area contributed by atoms with E-state index in [1.165, 1.54) is 12.1 Å². The van der Waals surface area contributed by atoms with Gasteiger partial charge >= 0.3 is 11.2 Å². The van der Waals surface area contributed by atoms with E-state index in [-0.39, 0.29) is 11.7 Å². The molecule has 1 aliphatic heterocycles. The van der Waals surface area contributed by atoms with Crippen LogP contribution in [-0.2, 0) is 19.6 Å². The minimum Gasteiger partial charge on any atom is -0.743 e. The summed E-state index contributed by atoms with van der Waals surface area (Å²) in [5, 5.41) is -3.32. The van der Waals surface area contributed by atoms with E-state index in [4.69, 9.17) is 9.47 Å². The van der Waals surface area contributed by atoms with Crippen LogP contribution in [0.3, 0.4) is 0 Å². The molecule has 2 aromatic rings. The molecule has 0 N–H and O–H groups in total. The Kier molecular flexibility index (Phi) is 4.82. The van der Waals surface area contributed by atoms with Gasteiger partial charge in [-0.2, -0.15) is 8.78 Å². The summed E-state index contributed by atoms with van der Waals surface area (Å²) in [6.45, 7) is -0.732. The topological polar surface area (TPSA) is 105 Å². The summed E-state index contributed by atoms with van der Waals surface area (Å²) < 4.78 is 72.1. The van der Waals surface area contributed by atoms with E-state index in [1.54, 1.807) is 24.3 Å². The molecule has 1 atom stereocenters. The molecule has 3 rings (SSSR count). The molecule has 0 radical (unpaired) electrons. The summed E-state index contributed by atoms with van der Waals surface area (Å²) in [6.07, 6.45) is 0.110. The number of benzene rings is 2. The third-order valence-electron chi connectivity index (χ3n) is 3.62. The molecule has 0 spiro atoms. The van der Waals surface area contributed by atoms with E-state index in [1.807, 2.05) is 0 Å². The van der Waals surface area contributed by atoms with Gasteiger partial charge in [-0.15, -0.1) is 0 Å². The standard InChI is InChI=1S/C16H14F2O7S/c17-16(18,26(20,21)22)9-25-15(19)12-2-1-11-6-13(4-3-10(11)5-12)23-7-14-8-24-14/h1-6,14H,7-9H2,(H,20,21,22)/p-1. The van der Waals surface area contributed by atoms with Crippen molar-refractivity contribution in [2.75, 3.05) is 19.8 Å². The number of carbonyl (C=O) groups excluding carboxylic acids is 1. The van der Waals surface area contributed by atoms with Crippen LogP contribution < -0.4 is 4.74 Å². The largest absolute Gasteiger partial charge is 0.743 e. The molecule has 7 nitrogen and oxygen atoms in total. The Morgan fingerprint density at radius 3 is 2.54 bits per heavy atom. The summed E-state index contributed by atoms with van der Waals surface area (Å²) >= 11 is 0. The molecule has 0 saturated carbocycles. The fourth-order valence-corrected chi connectivity index (χ4v) is 2.30. The quantitative estimate of drug-likeness (QED) is 0.406. The van der Waals surface area contributed by atoms with Crippen LogP contribution in [0, 0.1) is 0 Å². The molecular weight excluding hydrogens is 374 g/mol. The fraction of sp³-hybridized carbons (Fsp3) is 0.312. The highest BCUT2D eigenvalue weighted by atomic mass is 32.2. The molecule has 0 bridgehead atoms. The first kappa shape index (κ1) is 18.5. The molecule has 1 aliphatic rings. The van der Waals surface area contributed by atoms with Gasteiger partial charge in [-0.1, -0.05) is 12.1 Å². The van der Waals surface area contributed by atoms with Crippen molar-refractivity contribution in [3.8, 4) is 5.75 Å². The van der Waals surface area contributed by atoms with Crippen LogP contribution in [0.2, 0.25) is 0 Å². The molecule has 1 fully saturated rings. The van der Waals surface area contributed by atoms with Crippen LogP contribution in [0.5, 0.6) is 5.75 Å². The van der Waals surface area contributed by atoms with Crippen molar-refractivity contribution >= 4 is 26.9 Å². The predicted molar refractivity (Wildman–Crippen MR) is 84.1 cm³/mol. The number of fused-ring (bicyclic) bond motifs is 1. The van der Waals surface area contributed by atoms with Crippen molar-refractivity contribution in [3.63, 3.8) is 0 Å². The number of esters is 1. The van der Waals surface area contributed by atoms with E-state index in [9.17, 15) is 26.5 Å². The van der Waals surface area contributed by atoms with E-state index < -0.39 is 27.9 Å². The van der Waals surface area contributed by atoms with Crippen LogP contribution >= 0.6 is 0 Å². The van der Waals surface area contributed by atoms with Gasteiger partial charge in [0.25, 0.3) is 0 Å². The molecule has 140 valence electrons. The molecular formula is C16H13F2O7S-. The smallest absolute Gasteiger partial charge is 0.367 e. The van der Waals surface area contributed by atoms with Gasteiger partial charge in [0.15, 0.2) is 16.7 Å². The first-order valence-electron chi connectivity index (χ1n) is 7.44. The van der Waals surface area contributed by atoms with Crippen LogP contribution in [-0.4, -0.2) is 50.1 Å². The summed E-state index contributed by atoms with van der Waals surface area (Å²) in [5.74, 6) is -0.551. The van der Waals surface area contributed by atoms with Crippen molar-refractivity contribution < 1.29 is 40.8 Å². The number of epoxide rings is 1. The van der Waals surface area contributed by atoms with Gasteiger partial charge in [-0.25, -0.2) is 13.2 Å². The molecule has 0 aliphatic carbocycles. The lowest BCUT2D eigenvalue weighted by molar-refractivity contribution is -0.00995. The fourth-order valence-electron chi connectivity index (χ4n) is 2.10. The van der Waals surface area contributed by atoms with Crippen molar-refractivity contribution in [1.82, 2.24) is 0 Å². The van der Waals surface area contributed by atoms with Crippen molar-refractivity contribution in [3.05, 3.63) is 42.0 Å². The molecule has 26 heavy (non-hydrogen) atoms. The lowest BCUT2D eigenvalue weighted by atomic mass is 10.1. The normalized spacial score (nSPS) is 17.1. The van der Waals surface area contributed by atoms with Gasteiger partial charge in [-0.05, 0) is 35.0 Å². The summed E-state index contributed by atoms with van der Waals surface area (Å²) in [6, 6.07) is 9.39. The second kappa shape index (κ2) is 6.78. The molecule has 2 aromatic carbocycles. The second-order valence-corrected chi connectivity index (χ2v) is 7.16. The van der Waals surface area contributed by atoms with Crippen LogP contribution in [0.1, 0.15) is 10.4 Å². The molecule has 1 unspecified atom stereocenters. The first-order chi connectivity index (χ1) is 12.2. The Balaban J connectivity index is 1.69. The van der Waals surface area contributed by atoms with Crippen LogP contribution in [0.15, 0.2) is 36.4 Å². The van der Waals surface area contributed by atoms with E-state index in [0.717, 1.165) is 5.39 Å². The summed E-state index contributed by atoms with van der Waals surface area (Å²) in [7, 11) is -5.91. The van der Waals surface area contributed by atoms with Gasteiger partial charge < -0.3 is 18.8 Å². The maximum absolute atomic E-state index is 13.0. The highest BCUT2D eigenvalue weighted by Gasteiger charge is 2.39. The minimum absolute atomic E-state index is 0.0587. The first-order valence-corrected chi connectivity index (χ1v) is 8.85. The van der Waals surface area contributed by atoms with Gasteiger partial charge in [0.1, 0.15) is 18.5 Å². The summed E-state index contributed by atoms with van der Waals surface area (Å²) in [5.41, 5.74) is -0.0587. The molecule has 0 aromatic heterocycles. The monoisotopic (exact) mass is 387 g/mol. The lowest BCUT2D eigenvalue weighted by Gasteiger charge is -2.19. The SMILES string of the molecule is O=C(OCC(F)(F)S(=O)(=O)[O-])c1ccc2cc(OCC3CO3)ccc2c1. The predicted octanol–water partition coefficient (Wildman–Crippen LogP) is 1.91. The van der Waals surface area contributed by atoms with Crippen molar-refractivity contribution in [2.24, 2.45) is 0 Å². The Labute approximate surface area is 147 Å². The molecule has 0 amide bonds. The van der Waals surface area contributed by atoms with Gasteiger partial charge in [0.05, 0.1) is 12.2 Å². The van der Waals surface area contributed by atoms with Gasteiger partial charge in [0.2, 0.25) is 0 Å². The zero-order valence-electron chi connectivity index (χ0n) is 13.2. The highest BCUT2D eigenvalue weighted by Crippen LogP contribution is 2.25. The Morgan fingerprint density at radius 1 is 1.23 bits per heavy atom. The van der Waals surface area contributed by atoms with Gasteiger partial charge in [0, 0.05) is 0 Å².